The molecule has 1 fully saturated rings. The van der Waals surface area contributed by atoms with Gasteiger partial charge in [0.1, 0.15) is 4.90 Å². The third kappa shape index (κ3) is 2.35. The van der Waals surface area contributed by atoms with Crippen molar-refractivity contribution in [2.45, 2.75) is 17.4 Å². The quantitative estimate of drug-likeness (QED) is 0.835. The lowest BCUT2D eigenvalue weighted by atomic mass is 10.1. The number of likely N-dealkylation sites (N-methyl/N-ethyl adjacent to an activating group) is 1. The number of halogens is 1. The standard InChI is InChI=1S/C12H15N3O2S.ClH/c1-15(9-6-7-13-8-9)12-10-4-2-3-5-11(10)18(16,17)14-12;/h2-5,9,13H,6-8H2,1H3;1H/t9-;/m0./s1. The highest BCUT2D eigenvalue weighted by Crippen LogP contribution is 2.28. The molecular formula is C12H16ClN3O2S. The van der Waals surface area contributed by atoms with E-state index in [1.165, 1.54) is 0 Å². The highest BCUT2D eigenvalue weighted by molar-refractivity contribution is 7.90. The molecule has 2 aliphatic rings. The van der Waals surface area contributed by atoms with Gasteiger partial charge >= 0.3 is 0 Å². The predicted molar refractivity (Wildman–Crippen MR) is 76.5 cm³/mol. The van der Waals surface area contributed by atoms with Crippen LogP contribution in [0.5, 0.6) is 0 Å². The van der Waals surface area contributed by atoms with Crippen LogP contribution >= 0.6 is 12.4 Å². The number of benzene rings is 1. The van der Waals surface area contributed by atoms with Gasteiger partial charge in [0.2, 0.25) is 0 Å². The van der Waals surface area contributed by atoms with Gasteiger partial charge < -0.3 is 10.2 Å². The Bertz CT molecular complexity index is 609. The summed E-state index contributed by atoms with van der Waals surface area (Å²) in [6, 6.07) is 7.31. The number of rotatable bonds is 1. The fraction of sp³-hybridized carbons (Fsp3) is 0.417. The first kappa shape index (κ1) is 14.3. The lowest BCUT2D eigenvalue weighted by Crippen LogP contribution is -2.38. The van der Waals surface area contributed by atoms with Crippen molar-refractivity contribution in [2.24, 2.45) is 4.40 Å². The Labute approximate surface area is 119 Å². The van der Waals surface area contributed by atoms with Crippen molar-refractivity contribution in [3.05, 3.63) is 29.8 Å². The third-order valence-corrected chi connectivity index (χ3v) is 4.85. The summed E-state index contributed by atoms with van der Waals surface area (Å²) in [4.78, 5) is 2.29. The Morgan fingerprint density at radius 1 is 1.37 bits per heavy atom. The van der Waals surface area contributed by atoms with Crippen LogP contribution in [0.2, 0.25) is 0 Å². The summed E-state index contributed by atoms with van der Waals surface area (Å²) in [5.74, 6) is 0.569. The molecule has 0 aromatic heterocycles. The van der Waals surface area contributed by atoms with Gasteiger partial charge in [0.15, 0.2) is 5.84 Å². The zero-order chi connectivity index (χ0) is 12.8. The summed E-state index contributed by atoms with van der Waals surface area (Å²) < 4.78 is 27.8. The van der Waals surface area contributed by atoms with Gasteiger partial charge in [0.05, 0.1) is 0 Å². The van der Waals surface area contributed by atoms with Crippen molar-refractivity contribution in [1.82, 2.24) is 10.2 Å². The second kappa shape index (κ2) is 5.11. The Morgan fingerprint density at radius 2 is 2.11 bits per heavy atom. The van der Waals surface area contributed by atoms with Crippen molar-refractivity contribution < 1.29 is 8.42 Å². The van der Waals surface area contributed by atoms with Gasteiger partial charge in [-0.15, -0.1) is 16.8 Å². The summed E-state index contributed by atoms with van der Waals surface area (Å²) >= 11 is 0. The molecule has 2 aliphatic heterocycles. The number of nitrogens with one attached hydrogen (secondary N) is 1. The van der Waals surface area contributed by atoms with E-state index >= 15 is 0 Å². The molecule has 0 saturated carbocycles. The van der Waals surface area contributed by atoms with E-state index in [4.69, 9.17) is 0 Å². The van der Waals surface area contributed by atoms with E-state index in [-0.39, 0.29) is 12.4 Å². The van der Waals surface area contributed by atoms with Crippen molar-refractivity contribution in [1.29, 1.82) is 0 Å². The van der Waals surface area contributed by atoms with Crippen molar-refractivity contribution in [3.63, 3.8) is 0 Å². The highest BCUT2D eigenvalue weighted by atomic mass is 35.5. The molecule has 7 heteroatoms. The third-order valence-electron chi connectivity index (χ3n) is 3.53. The average molecular weight is 302 g/mol. The fourth-order valence-electron chi connectivity index (χ4n) is 2.49. The van der Waals surface area contributed by atoms with E-state index in [1.54, 1.807) is 12.1 Å². The maximum Gasteiger partial charge on any atom is 0.285 e. The van der Waals surface area contributed by atoms with E-state index in [1.807, 2.05) is 24.1 Å². The van der Waals surface area contributed by atoms with Gasteiger partial charge in [-0.25, -0.2) is 0 Å². The normalized spacial score (nSPS) is 23.4. The lowest BCUT2D eigenvalue weighted by molar-refractivity contribution is 0.390. The number of amidine groups is 1. The molecule has 1 N–H and O–H groups in total. The zero-order valence-corrected chi connectivity index (χ0v) is 12.2. The van der Waals surface area contributed by atoms with Gasteiger partial charge in [-0.2, -0.15) is 8.42 Å². The van der Waals surface area contributed by atoms with Crippen molar-refractivity contribution in [3.8, 4) is 0 Å². The van der Waals surface area contributed by atoms with Crippen molar-refractivity contribution >= 4 is 28.3 Å². The van der Waals surface area contributed by atoms with E-state index < -0.39 is 10.0 Å². The van der Waals surface area contributed by atoms with Crippen LogP contribution in [-0.4, -0.2) is 45.3 Å². The van der Waals surface area contributed by atoms with Crippen LogP contribution in [0, 0.1) is 0 Å². The number of hydrogen-bond acceptors (Lipinski definition) is 4. The fourth-order valence-corrected chi connectivity index (χ4v) is 3.73. The second-order valence-corrected chi connectivity index (χ2v) is 6.22. The van der Waals surface area contributed by atoms with Crippen LogP contribution in [0.15, 0.2) is 33.6 Å². The largest absolute Gasteiger partial charge is 0.354 e. The predicted octanol–water partition coefficient (Wildman–Crippen LogP) is 0.851. The molecule has 0 bridgehead atoms. The molecule has 3 rings (SSSR count). The Balaban J connectivity index is 0.00000133. The van der Waals surface area contributed by atoms with Gasteiger partial charge in [0, 0.05) is 25.2 Å². The van der Waals surface area contributed by atoms with Crippen LogP contribution in [0.4, 0.5) is 0 Å². The van der Waals surface area contributed by atoms with Crippen LogP contribution in [0.1, 0.15) is 12.0 Å². The van der Waals surface area contributed by atoms with E-state index in [0.29, 0.717) is 22.3 Å². The number of nitrogens with zero attached hydrogens (tertiary/aromatic N) is 2. The summed E-state index contributed by atoms with van der Waals surface area (Å²) in [6.07, 6.45) is 1.01. The smallest absolute Gasteiger partial charge is 0.285 e. The highest BCUT2D eigenvalue weighted by Gasteiger charge is 2.33. The summed E-state index contributed by atoms with van der Waals surface area (Å²) in [7, 11) is -1.59. The molecule has 1 aromatic rings. The average Bonchev–Trinajstić information content (AvgIpc) is 2.96. The first-order valence-corrected chi connectivity index (χ1v) is 7.41. The first-order chi connectivity index (χ1) is 8.59. The maximum atomic E-state index is 12.0. The summed E-state index contributed by atoms with van der Waals surface area (Å²) in [5, 5.41) is 3.28. The van der Waals surface area contributed by atoms with Gasteiger partial charge in [-0.1, -0.05) is 12.1 Å². The molecule has 0 unspecified atom stereocenters. The van der Waals surface area contributed by atoms with Gasteiger partial charge in [-0.3, -0.25) is 0 Å². The van der Waals surface area contributed by atoms with E-state index in [0.717, 1.165) is 19.5 Å². The lowest BCUT2D eigenvalue weighted by Gasteiger charge is -2.25. The number of sulfonamides is 1. The molecule has 19 heavy (non-hydrogen) atoms. The minimum atomic E-state index is -3.50. The molecule has 5 nitrogen and oxygen atoms in total. The zero-order valence-electron chi connectivity index (χ0n) is 10.5. The number of fused-ring (bicyclic) bond motifs is 1. The molecule has 2 heterocycles. The molecule has 1 atom stereocenters. The van der Waals surface area contributed by atoms with E-state index in [2.05, 4.69) is 9.71 Å². The molecule has 0 spiro atoms. The molecule has 0 radical (unpaired) electrons. The molecule has 1 aromatic carbocycles. The molecule has 0 amide bonds. The summed E-state index contributed by atoms with van der Waals surface area (Å²) in [6.45, 7) is 1.84. The van der Waals surface area contributed by atoms with Crippen LogP contribution < -0.4 is 5.32 Å². The monoisotopic (exact) mass is 301 g/mol. The second-order valence-electron chi connectivity index (χ2n) is 4.64. The molecular weight excluding hydrogens is 286 g/mol. The molecule has 0 aliphatic carbocycles. The Kier molecular flexibility index (Phi) is 3.85. The van der Waals surface area contributed by atoms with Gasteiger partial charge in [-0.05, 0) is 25.1 Å². The van der Waals surface area contributed by atoms with Gasteiger partial charge in [0.25, 0.3) is 10.0 Å². The maximum absolute atomic E-state index is 12.0. The Morgan fingerprint density at radius 3 is 2.79 bits per heavy atom. The van der Waals surface area contributed by atoms with E-state index in [9.17, 15) is 8.42 Å². The van der Waals surface area contributed by atoms with Crippen molar-refractivity contribution in [2.75, 3.05) is 20.1 Å². The van der Waals surface area contributed by atoms with Crippen LogP contribution in [-0.2, 0) is 10.0 Å². The summed E-state index contributed by atoms with van der Waals surface area (Å²) in [5.41, 5.74) is 0.715. The minimum absolute atomic E-state index is 0. The molecule has 104 valence electrons. The first-order valence-electron chi connectivity index (χ1n) is 5.97. The van der Waals surface area contributed by atoms with Crippen LogP contribution in [0.25, 0.3) is 0 Å². The molecule has 1 saturated heterocycles. The Hall–Kier alpha value is -1.11. The minimum Gasteiger partial charge on any atom is -0.354 e. The topological polar surface area (TPSA) is 61.8 Å². The SMILES string of the molecule is CN(C1=NS(=O)(=O)c2ccccc21)[C@H]1CCNC1.Cl. The van der Waals surface area contributed by atoms with Crippen LogP contribution in [0.3, 0.4) is 0 Å². The number of hydrogen-bond donors (Lipinski definition) is 1.